The van der Waals surface area contributed by atoms with Gasteiger partial charge in [-0.3, -0.25) is 5.43 Å². The Morgan fingerprint density at radius 1 is 1.05 bits per heavy atom. The van der Waals surface area contributed by atoms with Gasteiger partial charge in [-0.25, -0.2) is 8.78 Å². The van der Waals surface area contributed by atoms with Crippen molar-refractivity contribution in [3.05, 3.63) is 64.1 Å². The fraction of sp³-hybridized carbons (Fsp3) is 0.0714. The molecule has 0 spiro atoms. The molecule has 1 N–H and O–H groups in total. The molecule has 19 heavy (non-hydrogen) atoms. The second-order valence-corrected chi connectivity index (χ2v) is 4.83. The topological polar surface area (TPSA) is 24.4 Å². The third kappa shape index (κ3) is 3.38. The minimum atomic E-state index is -0.626. The first-order valence-corrected chi connectivity index (χ1v) is 6.37. The lowest BCUT2D eigenvalue weighted by Gasteiger charge is -2.06. The second kappa shape index (κ2) is 5.93. The molecular weight excluding hydrogens is 314 g/mol. The van der Waals surface area contributed by atoms with Gasteiger partial charge in [0.15, 0.2) is 0 Å². The number of benzene rings is 2. The Balaban J connectivity index is 2.22. The van der Waals surface area contributed by atoms with Crippen LogP contribution < -0.4 is 5.43 Å². The average Bonchev–Trinajstić information content (AvgIpc) is 2.38. The standard InChI is InChI=1S/C14H11BrF2N2/c1-9(14-12(16)3-2-4-13(14)17)18-19-11-7-5-10(15)6-8-11/h2-8,19H,1H3/b18-9+. The Kier molecular flexibility index (Phi) is 4.27. The van der Waals surface area contributed by atoms with E-state index < -0.39 is 11.6 Å². The van der Waals surface area contributed by atoms with Crippen molar-refractivity contribution in [1.29, 1.82) is 0 Å². The molecule has 0 bridgehead atoms. The van der Waals surface area contributed by atoms with Crippen molar-refractivity contribution in [3.8, 4) is 0 Å². The lowest BCUT2D eigenvalue weighted by Crippen LogP contribution is -2.05. The van der Waals surface area contributed by atoms with Crippen molar-refractivity contribution < 1.29 is 8.78 Å². The molecule has 0 fully saturated rings. The molecule has 0 saturated carbocycles. The molecule has 0 amide bonds. The predicted molar refractivity (Wildman–Crippen MR) is 76.3 cm³/mol. The van der Waals surface area contributed by atoms with Crippen molar-refractivity contribution in [1.82, 2.24) is 0 Å². The first-order chi connectivity index (χ1) is 9.08. The van der Waals surface area contributed by atoms with Crippen LogP contribution in [0, 0.1) is 11.6 Å². The molecule has 5 heteroatoms. The summed E-state index contributed by atoms with van der Waals surface area (Å²) in [5.74, 6) is -1.25. The Hall–Kier alpha value is -1.75. The van der Waals surface area contributed by atoms with Crippen LogP contribution in [0.2, 0.25) is 0 Å². The van der Waals surface area contributed by atoms with Crippen molar-refractivity contribution in [2.24, 2.45) is 5.10 Å². The molecule has 2 rings (SSSR count). The average molecular weight is 325 g/mol. The summed E-state index contributed by atoms with van der Waals surface area (Å²) >= 11 is 3.32. The van der Waals surface area contributed by atoms with Crippen LogP contribution >= 0.6 is 15.9 Å². The quantitative estimate of drug-likeness (QED) is 0.649. The molecule has 0 aromatic heterocycles. The number of rotatable bonds is 3. The number of halogens is 3. The fourth-order valence-electron chi connectivity index (χ4n) is 1.57. The highest BCUT2D eigenvalue weighted by molar-refractivity contribution is 9.10. The van der Waals surface area contributed by atoms with Gasteiger partial charge in [-0.05, 0) is 43.3 Å². The summed E-state index contributed by atoms with van der Waals surface area (Å²) < 4.78 is 28.0. The molecule has 0 heterocycles. The van der Waals surface area contributed by atoms with Gasteiger partial charge in [0.05, 0.1) is 17.0 Å². The lowest BCUT2D eigenvalue weighted by atomic mass is 10.1. The summed E-state index contributed by atoms with van der Waals surface area (Å²) in [6, 6.07) is 11.0. The predicted octanol–water partition coefficient (Wildman–Crippen LogP) is 4.56. The van der Waals surface area contributed by atoms with Crippen molar-refractivity contribution in [2.45, 2.75) is 6.92 Å². The molecule has 2 aromatic carbocycles. The summed E-state index contributed by atoms with van der Waals surface area (Å²) in [4.78, 5) is 0. The van der Waals surface area contributed by atoms with Crippen LogP contribution in [-0.2, 0) is 0 Å². The Morgan fingerprint density at radius 2 is 1.63 bits per heavy atom. The van der Waals surface area contributed by atoms with Gasteiger partial charge >= 0.3 is 0 Å². The van der Waals surface area contributed by atoms with Gasteiger partial charge in [-0.1, -0.05) is 22.0 Å². The molecule has 98 valence electrons. The van der Waals surface area contributed by atoms with Crippen molar-refractivity contribution >= 4 is 27.3 Å². The minimum Gasteiger partial charge on any atom is -0.278 e. The Morgan fingerprint density at radius 3 is 2.21 bits per heavy atom. The summed E-state index contributed by atoms with van der Waals surface area (Å²) in [5.41, 5.74) is 3.62. The Labute approximate surface area is 118 Å². The monoisotopic (exact) mass is 324 g/mol. The molecule has 0 unspecified atom stereocenters. The maximum atomic E-state index is 13.5. The second-order valence-electron chi connectivity index (χ2n) is 3.91. The zero-order valence-corrected chi connectivity index (χ0v) is 11.7. The maximum absolute atomic E-state index is 13.5. The molecule has 2 aromatic rings. The van der Waals surface area contributed by atoms with Crippen LogP contribution in [0.1, 0.15) is 12.5 Å². The maximum Gasteiger partial charge on any atom is 0.135 e. The van der Waals surface area contributed by atoms with Crippen molar-refractivity contribution in [2.75, 3.05) is 5.43 Å². The number of anilines is 1. The van der Waals surface area contributed by atoms with Gasteiger partial charge in [-0.2, -0.15) is 5.10 Å². The molecular formula is C14H11BrF2N2. The van der Waals surface area contributed by atoms with Gasteiger partial charge < -0.3 is 0 Å². The summed E-state index contributed by atoms with van der Waals surface area (Å²) in [7, 11) is 0. The first kappa shape index (κ1) is 13.7. The zero-order chi connectivity index (χ0) is 13.8. The van der Waals surface area contributed by atoms with Crippen LogP contribution in [0.5, 0.6) is 0 Å². The molecule has 0 atom stereocenters. The highest BCUT2D eigenvalue weighted by Crippen LogP contribution is 2.16. The summed E-state index contributed by atoms with van der Waals surface area (Å²) in [5, 5.41) is 3.99. The van der Waals surface area contributed by atoms with Gasteiger partial charge in [0.1, 0.15) is 11.6 Å². The van der Waals surface area contributed by atoms with Crippen LogP contribution in [0.15, 0.2) is 52.0 Å². The van der Waals surface area contributed by atoms with Crippen LogP contribution in [0.4, 0.5) is 14.5 Å². The van der Waals surface area contributed by atoms with Crippen molar-refractivity contribution in [3.63, 3.8) is 0 Å². The SMILES string of the molecule is C/C(=N\Nc1ccc(Br)cc1)c1c(F)cccc1F. The summed E-state index contributed by atoms with van der Waals surface area (Å²) in [6.45, 7) is 1.55. The third-order valence-corrected chi connectivity index (χ3v) is 3.05. The van der Waals surface area contributed by atoms with Crippen LogP contribution in [-0.4, -0.2) is 5.71 Å². The molecule has 0 radical (unpaired) electrons. The Bertz CT molecular complexity index is 589. The zero-order valence-electron chi connectivity index (χ0n) is 10.1. The van der Waals surface area contributed by atoms with Gasteiger partial charge in [0.25, 0.3) is 0 Å². The highest BCUT2D eigenvalue weighted by Gasteiger charge is 2.11. The minimum absolute atomic E-state index is 0.118. The number of hydrogen-bond donors (Lipinski definition) is 1. The van der Waals surface area contributed by atoms with E-state index >= 15 is 0 Å². The molecule has 0 saturated heterocycles. The number of nitrogens with zero attached hydrogens (tertiary/aromatic N) is 1. The third-order valence-electron chi connectivity index (χ3n) is 2.52. The van der Waals surface area contributed by atoms with Crippen LogP contribution in [0.25, 0.3) is 0 Å². The van der Waals surface area contributed by atoms with E-state index in [-0.39, 0.29) is 11.3 Å². The van der Waals surface area contributed by atoms with Gasteiger partial charge in [0, 0.05) is 4.47 Å². The van der Waals surface area contributed by atoms with Crippen LogP contribution in [0.3, 0.4) is 0 Å². The number of hydrazone groups is 1. The molecule has 0 aliphatic heterocycles. The highest BCUT2D eigenvalue weighted by atomic mass is 79.9. The smallest absolute Gasteiger partial charge is 0.135 e. The van der Waals surface area contributed by atoms with E-state index in [1.165, 1.54) is 18.2 Å². The van der Waals surface area contributed by atoms with E-state index in [0.717, 1.165) is 10.2 Å². The van der Waals surface area contributed by atoms with E-state index in [1.54, 1.807) is 19.1 Å². The largest absolute Gasteiger partial charge is 0.278 e. The molecule has 0 aliphatic rings. The van der Waals surface area contributed by atoms with E-state index in [2.05, 4.69) is 26.5 Å². The molecule has 0 aliphatic carbocycles. The van der Waals surface area contributed by atoms with E-state index in [0.29, 0.717) is 0 Å². The van der Waals surface area contributed by atoms with E-state index in [1.807, 2.05) is 12.1 Å². The van der Waals surface area contributed by atoms with Gasteiger partial charge in [0.2, 0.25) is 0 Å². The number of hydrogen-bond acceptors (Lipinski definition) is 2. The molecule has 2 nitrogen and oxygen atoms in total. The fourth-order valence-corrected chi connectivity index (χ4v) is 1.84. The first-order valence-electron chi connectivity index (χ1n) is 5.58. The number of nitrogens with one attached hydrogen (secondary N) is 1. The lowest BCUT2D eigenvalue weighted by molar-refractivity contribution is 0.579. The van der Waals surface area contributed by atoms with E-state index in [4.69, 9.17) is 0 Å². The van der Waals surface area contributed by atoms with E-state index in [9.17, 15) is 8.78 Å². The summed E-state index contributed by atoms with van der Waals surface area (Å²) in [6.07, 6.45) is 0. The normalized spacial score (nSPS) is 11.5. The van der Waals surface area contributed by atoms with Gasteiger partial charge in [-0.15, -0.1) is 0 Å².